The highest BCUT2D eigenvalue weighted by Crippen LogP contribution is 1.64. The van der Waals surface area contributed by atoms with E-state index in [0.29, 0.717) is 0 Å². The number of hydrogen-bond donors (Lipinski definition) is 2. The van der Waals surface area contributed by atoms with E-state index in [1.807, 2.05) is 0 Å². The van der Waals surface area contributed by atoms with E-state index >= 15 is 0 Å². The van der Waals surface area contributed by atoms with Crippen LogP contribution < -0.4 is 0 Å². The summed E-state index contributed by atoms with van der Waals surface area (Å²) in [5, 5.41) is 20.9. The Morgan fingerprint density at radius 2 is 2.14 bits per heavy atom. The predicted octanol–water partition coefficient (Wildman–Crippen LogP) is 0.296. The lowest BCUT2D eigenvalue weighted by atomic mass is 10.5. The van der Waals surface area contributed by atoms with Crippen molar-refractivity contribution in [2.45, 2.75) is 6.92 Å². The van der Waals surface area contributed by atoms with Crippen molar-refractivity contribution in [1.82, 2.24) is 0 Å². The minimum Gasteiger partial charge on any atom is -0.411 e. The van der Waals surface area contributed by atoms with Gasteiger partial charge in [0.25, 0.3) is 0 Å². The van der Waals surface area contributed by atoms with Crippen LogP contribution in [0.4, 0.5) is 0 Å². The Hall–Kier alpha value is -1.06. The zero-order valence-corrected chi connectivity index (χ0v) is 3.87. The molecule has 0 aliphatic rings. The quantitative estimate of drug-likeness (QED) is 0.284. The fraction of sp³-hybridized carbons (Fsp3) is 0.333. The summed E-state index contributed by atoms with van der Waals surface area (Å²) in [6, 6.07) is 0. The van der Waals surface area contributed by atoms with Crippen LogP contribution in [0.5, 0.6) is 0 Å². The zero-order valence-electron chi connectivity index (χ0n) is 3.87. The average Bonchev–Trinajstić information content (AvgIpc) is 1.68. The maximum absolute atomic E-state index is 7.85. The first-order chi connectivity index (χ1) is 3.31. The Morgan fingerprint density at radius 3 is 2.29 bits per heavy atom. The first-order valence-corrected chi connectivity index (χ1v) is 1.67. The second-order valence-electron chi connectivity index (χ2n) is 0.986. The summed E-state index contributed by atoms with van der Waals surface area (Å²) in [6.45, 7) is 1.50. The molecule has 7 heavy (non-hydrogen) atoms. The topological polar surface area (TPSA) is 65.2 Å². The van der Waals surface area contributed by atoms with Gasteiger partial charge in [0, 0.05) is 0 Å². The minimum atomic E-state index is 0.266. The number of hydrogen-bond acceptors (Lipinski definition) is 4. The molecule has 0 saturated heterocycles. The van der Waals surface area contributed by atoms with Gasteiger partial charge in [0.15, 0.2) is 0 Å². The van der Waals surface area contributed by atoms with Gasteiger partial charge in [-0.25, -0.2) is 0 Å². The predicted molar refractivity (Wildman–Crippen MR) is 25.2 cm³/mol. The molecule has 0 bridgehead atoms. The van der Waals surface area contributed by atoms with Crippen molar-refractivity contribution in [2.24, 2.45) is 10.3 Å². The average molecular weight is 102 g/mol. The summed E-state index contributed by atoms with van der Waals surface area (Å²) < 4.78 is 0. The van der Waals surface area contributed by atoms with Crippen molar-refractivity contribution in [3.05, 3.63) is 0 Å². The van der Waals surface area contributed by atoms with Gasteiger partial charge in [-0.05, 0) is 6.92 Å². The molecule has 0 unspecified atom stereocenters. The number of rotatable bonds is 1. The highest BCUT2D eigenvalue weighted by molar-refractivity contribution is 6.28. The first kappa shape index (κ1) is 5.94. The fourth-order valence-corrected chi connectivity index (χ4v) is 0.109. The summed E-state index contributed by atoms with van der Waals surface area (Å²) in [5.74, 6) is 0. The molecular weight excluding hydrogens is 96.0 g/mol. The Kier molecular flexibility index (Phi) is 2.67. The number of nitrogens with zero attached hydrogens (tertiary/aromatic N) is 2. The second-order valence-corrected chi connectivity index (χ2v) is 0.986. The van der Waals surface area contributed by atoms with Gasteiger partial charge in [-0.15, -0.1) is 0 Å². The molecule has 0 aromatic rings. The van der Waals surface area contributed by atoms with Crippen LogP contribution in [-0.4, -0.2) is 22.3 Å². The van der Waals surface area contributed by atoms with Crippen molar-refractivity contribution in [1.29, 1.82) is 0 Å². The molecule has 0 aromatic carbocycles. The van der Waals surface area contributed by atoms with E-state index in [-0.39, 0.29) is 5.71 Å². The molecule has 0 fully saturated rings. The lowest BCUT2D eigenvalue weighted by Gasteiger charge is -1.76. The maximum Gasteiger partial charge on any atom is 0.0980 e. The van der Waals surface area contributed by atoms with Gasteiger partial charge in [0.2, 0.25) is 0 Å². The summed E-state index contributed by atoms with van der Waals surface area (Å²) in [5.41, 5.74) is 0.266. The third-order valence-corrected chi connectivity index (χ3v) is 0.402. The summed E-state index contributed by atoms with van der Waals surface area (Å²) in [6.07, 6.45) is 1.03. The molecule has 0 saturated carbocycles. The van der Waals surface area contributed by atoms with Crippen LogP contribution in [0, 0.1) is 0 Å². The highest BCUT2D eigenvalue weighted by atomic mass is 16.4. The third kappa shape index (κ3) is 2.75. The van der Waals surface area contributed by atoms with Crippen LogP contribution in [0.3, 0.4) is 0 Å². The van der Waals surface area contributed by atoms with Gasteiger partial charge in [0.05, 0.1) is 11.9 Å². The molecule has 40 valence electrons. The largest absolute Gasteiger partial charge is 0.411 e. The zero-order chi connectivity index (χ0) is 5.70. The molecule has 0 radical (unpaired) electrons. The van der Waals surface area contributed by atoms with Gasteiger partial charge < -0.3 is 10.4 Å². The van der Waals surface area contributed by atoms with Gasteiger partial charge in [-0.2, -0.15) is 0 Å². The summed E-state index contributed by atoms with van der Waals surface area (Å²) >= 11 is 0. The van der Waals surface area contributed by atoms with E-state index in [4.69, 9.17) is 10.4 Å². The highest BCUT2D eigenvalue weighted by Gasteiger charge is 1.77. The minimum absolute atomic E-state index is 0.266. The van der Waals surface area contributed by atoms with E-state index in [1.165, 1.54) is 6.92 Å². The van der Waals surface area contributed by atoms with Crippen LogP contribution in [0.25, 0.3) is 0 Å². The molecule has 0 atom stereocenters. The molecule has 0 heterocycles. The van der Waals surface area contributed by atoms with Crippen LogP contribution in [0.2, 0.25) is 0 Å². The Bertz CT molecular complexity index is 97.1. The van der Waals surface area contributed by atoms with Gasteiger partial charge in [-0.1, -0.05) is 10.3 Å². The smallest absolute Gasteiger partial charge is 0.0980 e. The Balaban J connectivity index is 3.58. The van der Waals surface area contributed by atoms with Crippen molar-refractivity contribution < 1.29 is 10.4 Å². The first-order valence-electron chi connectivity index (χ1n) is 1.67. The van der Waals surface area contributed by atoms with Crippen LogP contribution in [0.1, 0.15) is 6.92 Å². The molecule has 4 heteroatoms. The van der Waals surface area contributed by atoms with E-state index in [2.05, 4.69) is 10.3 Å². The monoisotopic (exact) mass is 102 g/mol. The van der Waals surface area contributed by atoms with Crippen LogP contribution in [0.15, 0.2) is 10.3 Å². The fourth-order valence-electron chi connectivity index (χ4n) is 0.109. The Morgan fingerprint density at radius 1 is 1.57 bits per heavy atom. The van der Waals surface area contributed by atoms with Gasteiger partial charge in [-0.3, -0.25) is 0 Å². The third-order valence-electron chi connectivity index (χ3n) is 0.402. The van der Waals surface area contributed by atoms with E-state index in [1.54, 1.807) is 0 Å². The lowest BCUT2D eigenvalue weighted by molar-refractivity contribution is 0.315. The number of oxime groups is 2. The Labute approximate surface area is 40.8 Å². The molecule has 2 N–H and O–H groups in total. The van der Waals surface area contributed by atoms with Gasteiger partial charge in [0.1, 0.15) is 0 Å². The van der Waals surface area contributed by atoms with Crippen LogP contribution >= 0.6 is 0 Å². The molecule has 0 aliphatic heterocycles. The van der Waals surface area contributed by atoms with Crippen molar-refractivity contribution in [3.63, 3.8) is 0 Å². The standard InChI is InChI=1S/C3H6N2O2/c1-3(5-7)2-4-6/h2,6-7H,1H3/b4-2+,5-3-. The van der Waals surface area contributed by atoms with E-state index in [0.717, 1.165) is 6.21 Å². The normalized spacial score (nSPS) is 13.0. The molecule has 0 spiro atoms. The molecular formula is C3H6N2O2. The molecule has 0 rings (SSSR count). The summed E-state index contributed by atoms with van der Waals surface area (Å²) in [4.78, 5) is 0. The van der Waals surface area contributed by atoms with Gasteiger partial charge >= 0.3 is 0 Å². The SMILES string of the molecule is CC(/C=N/O)=N/O. The molecule has 0 aromatic heterocycles. The van der Waals surface area contributed by atoms with E-state index in [9.17, 15) is 0 Å². The lowest BCUT2D eigenvalue weighted by Crippen LogP contribution is -1.90. The van der Waals surface area contributed by atoms with Crippen molar-refractivity contribution in [3.8, 4) is 0 Å². The van der Waals surface area contributed by atoms with Crippen LogP contribution in [-0.2, 0) is 0 Å². The maximum atomic E-state index is 7.85. The molecule has 4 nitrogen and oxygen atoms in total. The second kappa shape index (κ2) is 3.14. The van der Waals surface area contributed by atoms with E-state index < -0.39 is 0 Å². The van der Waals surface area contributed by atoms with Crippen molar-refractivity contribution >= 4 is 11.9 Å². The summed E-state index contributed by atoms with van der Waals surface area (Å²) in [7, 11) is 0. The molecule has 0 aliphatic carbocycles. The molecule has 0 amide bonds. The van der Waals surface area contributed by atoms with Crippen molar-refractivity contribution in [2.75, 3.05) is 0 Å².